The van der Waals surface area contributed by atoms with Gasteiger partial charge in [0.05, 0.1) is 0 Å². The zero-order valence-corrected chi connectivity index (χ0v) is 14.0. The lowest BCUT2D eigenvalue weighted by Crippen LogP contribution is -2.31. The lowest BCUT2D eigenvalue weighted by atomic mass is 10.2. The molecule has 1 heterocycles. The van der Waals surface area contributed by atoms with E-state index >= 15 is 0 Å². The number of likely N-dealkylation sites (tertiary alicyclic amines) is 1. The second kappa shape index (κ2) is 6.92. The third kappa shape index (κ3) is 3.72. The molecule has 0 atom stereocenters. The minimum atomic E-state index is 0.894. The Morgan fingerprint density at radius 1 is 1.28 bits per heavy atom. The molecule has 1 saturated heterocycles. The minimum Gasteiger partial charge on any atom is -0.373 e. The molecule has 2 rings (SSSR count). The normalized spacial score (nSPS) is 16.2. The summed E-state index contributed by atoms with van der Waals surface area (Å²) in [5, 5.41) is 0.894. The van der Waals surface area contributed by atoms with Crippen LogP contribution in [0.2, 0.25) is 0 Å². The van der Waals surface area contributed by atoms with E-state index in [9.17, 15) is 0 Å². The van der Waals surface area contributed by atoms with Crippen molar-refractivity contribution in [2.45, 2.75) is 18.2 Å². The van der Waals surface area contributed by atoms with Gasteiger partial charge in [0.2, 0.25) is 0 Å². The van der Waals surface area contributed by atoms with Crippen molar-refractivity contribution < 1.29 is 0 Å². The fraction of sp³-hybridized carbons (Fsp3) is 0.571. The molecule has 0 N–H and O–H groups in total. The van der Waals surface area contributed by atoms with E-state index < -0.39 is 0 Å². The van der Waals surface area contributed by atoms with Crippen LogP contribution in [0.3, 0.4) is 0 Å². The van der Waals surface area contributed by atoms with Gasteiger partial charge in [0.25, 0.3) is 0 Å². The minimum absolute atomic E-state index is 0.894. The van der Waals surface area contributed by atoms with Gasteiger partial charge in [-0.25, -0.2) is 0 Å². The highest BCUT2D eigenvalue weighted by Gasteiger charge is 2.12. The monoisotopic (exact) mass is 374 g/mol. The molecule has 1 aromatic carbocycles. The van der Waals surface area contributed by atoms with Gasteiger partial charge in [-0.05, 0) is 43.6 Å². The van der Waals surface area contributed by atoms with E-state index in [1.165, 1.54) is 48.2 Å². The molecule has 18 heavy (non-hydrogen) atoms. The van der Waals surface area contributed by atoms with Crippen molar-refractivity contribution >= 4 is 37.5 Å². The fourth-order valence-corrected chi connectivity index (χ4v) is 3.68. The van der Waals surface area contributed by atoms with Gasteiger partial charge in [-0.3, -0.25) is 0 Å². The Morgan fingerprint density at radius 3 is 2.61 bits per heavy atom. The molecule has 0 radical (unpaired) electrons. The Hall–Kier alpha value is -0.0600. The van der Waals surface area contributed by atoms with Crippen LogP contribution in [0.15, 0.2) is 22.7 Å². The number of anilines is 1. The number of likely N-dealkylation sites (N-methyl/N-ethyl adjacent to an activating group) is 1. The van der Waals surface area contributed by atoms with Gasteiger partial charge in [0.1, 0.15) is 0 Å². The summed E-state index contributed by atoms with van der Waals surface area (Å²) >= 11 is 7.12. The molecule has 0 amide bonds. The van der Waals surface area contributed by atoms with E-state index in [4.69, 9.17) is 0 Å². The van der Waals surface area contributed by atoms with Gasteiger partial charge in [-0.2, -0.15) is 0 Å². The van der Waals surface area contributed by atoms with E-state index in [0.717, 1.165) is 11.9 Å². The molecular weight excluding hydrogens is 356 g/mol. The summed E-state index contributed by atoms with van der Waals surface area (Å²) in [6.07, 6.45) is 2.74. The van der Waals surface area contributed by atoms with E-state index in [2.05, 4.69) is 66.9 Å². The van der Waals surface area contributed by atoms with Crippen LogP contribution in [0, 0.1) is 0 Å². The molecule has 1 aromatic rings. The topological polar surface area (TPSA) is 6.48 Å². The maximum Gasteiger partial charge on any atom is 0.0375 e. The van der Waals surface area contributed by atoms with Crippen molar-refractivity contribution in [3.05, 3.63) is 28.2 Å². The first kappa shape index (κ1) is 14.4. The van der Waals surface area contributed by atoms with Crippen molar-refractivity contribution in [2.75, 3.05) is 38.1 Å². The molecule has 0 aliphatic carbocycles. The Balaban J connectivity index is 1.91. The summed E-state index contributed by atoms with van der Waals surface area (Å²) in [4.78, 5) is 4.89. The second-order valence-corrected chi connectivity index (χ2v) is 6.29. The highest BCUT2D eigenvalue weighted by Crippen LogP contribution is 2.25. The first-order valence-electron chi connectivity index (χ1n) is 6.48. The predicted molar refractivity (Wildman–Crippen MR) is 85.7 cm³/mol. The molecule has 2 nitrogen and oxygen atoms in total. The highest BCUT2D eigenvalue weighted by atomic mass is 79.9. The molecule has 1 fully saturated rings. The van der Waals surface area contributed by atoms with Gasteiger partial charge in [-0.1, -0.05) is 37.9 Å². The van der Waals surface area contributed by atoms with Crippen LogP contribution in [0.4, 0.5) is 5.69 Å². The van der Waals surface area contributed by atoms with Crippen molar-refractivity contribution in [1.29, 1.82) is 0 Å². The third-order valence-electron chi connectivity index (χ3n) is 3.57. The van der Waals surface area contributed by atoms with E-state index in [0.29, 0.717) is 0 Å². The Kier molecular flexibility index (Phi) is 5.52. The molecule has 4 heteroatoms. The van der Waals surface area contributed by atoms with Crippen LogP contribution in [-0.4, -0.2) is 38.1 Å². The molecule has 0 spiro atoms. The average Bonchev–Trinajstić information content (AvgIpc) is 2.89. The van der Waals surface area contributed by atoms with Crippen LogP contribution in [0.1, 0.15) is 18.4 Å². The first-order valence-corrected chi connectivity index (χ1v) is 8.40. The summed E-state index contributed by atoms with van der Waals surface area (Å²) in [7, 11) is 2.17. The third-order valence-corrected chi connectivity index (χ3v) is 4.91. The molecule has 1 aliphatic heterocycles. The van der Waals surface area contributed by atoms with Crippen LogP contribution in [-0.2, 0) is 5.33 Å². The number of hydrogen-bond acceptors (Lipinski definition) is 2. The van der Waals surface area contributed by atoms with Gasteiger partial charge in [0.15, 0.2) is 0 Å². The van der Waals surface area contributed by atoms with Crippen LogP contribution < -0.4 is 4.90 Å². The quantitative estimate of drug-likeness (QED) is 0.720. The van der Waals surface area contributed by atoms with Gasteiger partial charge >= 0.3 is 0 Å². The Labute approximate surface area is 127 Å². The largest absolute Gasteiger partial charge is 0.373 e. The SMILES string of the molecule is CN(CCN1CCCC1)c1ccc(CBr)c(Br)c1. The lowest BCUT2D eigenvalue weighted by Gasteiger charge is -2.23. The number of hydrogen-bond donors (Lipinski definition) is 0. The summed E-state index contributed by atoms with van der Waals surface area (Å²) in [6.45, 7) is 4.83. The zero-order chi connectivity index (χ0) is 13.0. The fourth-order valence-electron chi connectivity index (χ4n) is 2.31. The molecule has 0 saturated carbocycles. The molecule has 0 aromatic heterocycles. The zero-order valence-electron chi connectivity index (χ0n) is 10.8. The van der Waals surface area contributed by atoms with Crippen LogP contribution in [0.5, 0.6) is 0 Å². The molecule has 0 unspecified atom stereocenters. The summed E-state index contributed by atoms with van der Waals surface area (Å²) in [5.41, 5.74) is 2.58. The highest BCUT2D eigenvalue weighted by molar-refractivity contribution is 9.10. The molecule has 100 valence electrons. The number of rotatable bonds is 5. The standard InChI is InChI=1S/C14H20Br2N2/c1-17(8-9-18-6-2-3-7-18)13-5-4-12(11-15)14(16)10-13/h4-5,10H,2-3,6-9,11H2,1H3. The average molecular weight is 376 g/mol. The maximum atomic E-state index is 3.63. The second-order valence-electron chi connectivity index (χ2n) is 4.88. The summed E-state index contributed by atoms with van der Waals surface area (Å²) < 4.78 is 1.19. The number of nitrogens with zero attached hydrogens (tertiary/aromatic N) is 2. The summed E-state index contributed by atoms with van der Waals surface area (Å²) in [6, 6.07) is 6.59. The van der Waals surface area contributed by atoms with E-state index in [1.54, 1.807) is 0 Å². The predicted octanol–water partition coefficient (Wildman–Crippen LogP) is 3.88. The Bertz CT molecular complexity index is 389. The number of benzene rings is 1. The Morgan fingerprint density at radius 2 is 2.00 bits per heavy atom. The van der Waals surface area contributed by atoms with Gasteiger partial charge in [-0.15, -0.1) is 0 Å². The lowest BCUT2D eigenvalue weighted by molar-refractivity contribution is 0.346. The van der Waals surface area contributed by atoms with E-state index in [-0.39, 0.29) is 0 Å². The summed E-state index contributed by atoms with van der Waals surface area (Å²) in [5.74, 6) is 0. The van der Waals surface area contributed by atoms with Gasteiger partial charge < -0.3 is 9.80 Å². The maximum absolute atomic E-state index is 3.63. The van der Waals surface area contributed by atoms with Crippen LogP contribution >= 0.6 is 31.9 Å². The molecule has 0 bridgehead atoms. The number of alkyl halides is 1. The van der Waals surface area contributed by atoms with Crippen LogP contribution in [0.25, 0.3) is 0 Å². The van der Waals surface area contributed by atoms with Crippen molar-refractivity contribution in [3.8, 4) is 0 Å². The van der Waals surface area contributed by atoms with Crippen molar-refractivity contribution in [1.82, 2.24) is 4.90 Å². The van der Waals surface area contributed by atoms with Crippen molar-refractivity contribution in [3.63, 3.8) is 0 Å². The first-order chi connectivity index (χ1) is 8.70. The molecule has 1 aliphatic rings. The van der Waals surface area contributed by atoms with Gasteiger partial charge in [0, 0.05) is 35.6 Å². The van der Waals surface area contributed by atoms with E-state index in [1.807, 2.05) is 0 Å². The van der Waals surface area contributed by atoms with Crippen molar-refractivity contribution in [2.24, 2.45) is 0 Å². The smallest absolute Gasteiger partial charge is 0.0375 e. The molecular formula is C14H20Br2N2. The number of halogens is 2.